The molecule has 0 saturated heterocycles. The van der Waals surface area contributed by atoms with Crippen LogP contribution in [0, 0.1) is 23.7 Å². The molecule has 0 aromatic carbocycles. The summed E-state index contributed by atoms with van der Waals surface area (Å²) in [5.41, 5.74) is 6.72. The van der Waals surface area contributed by atoms with Gasteiger partial charge >= 0.3 is 0 Å². The maximum Gasteiger partial charge on any atom is -0.0127 e. The van der Waals surface area contributed by atoms with E-state index in [-0.39, 0.29) is 0 Å². The third-order valence-electron chi connectivity index (χ3n) is 5.68. The minimum Gasteiger partial charge on any atom is -0.0802 e. The number of rotatable bonds is 0. The highest BCUT2D eigenvalue weighted by Gasteiger charge is 2.28. The van der Waals surface area contributed by atoms with E-state index < -0.39 is 0 Å². The smallest absolute Gasteiger partial charge is 0.0127 e. The predicted molar refractivity (Wildman–Crippen MR) is 87.5 cm³/mol. The van der Waals surface area contributed by atoms with Gasteiger partial charge in [0.25, 0.3) is 0 Å². The summed E-state index contributed by atoms with van der Waals surface area (Å²) in [5.74, 6) is 3.40. The van der Waals surface area contributed by atoms with E-state index in [1.165, 1.54) is 25.7 Å². The second kappa shape index (κ2) is 5.39. The van der Waals surface area contributed by atoms with E-state index in [0.29, 0.717) is 0 Å². The van der Waals surface area contributed by atoms with E-state index in [9.17, 15) is 0 Å². The van der Waals surface area contributed by atoms with Gasteiger partial charge in [0.15, 0.2) is 0 Å². The molecule has 0 radical (unpaired) electrons. The molecule has 4 aliphatic carbocycles. The maximum absolute atomic E-state index is 2.35. The standard InChI is InChI=1S/2C10H14/c2*1-7-6-8(2)10-5-3-4-9(7)10/h2*3-4,7-8H,5-6H2,1-2H3. The number of hydrogen-bond acceptors (Lipinski definition) is 0. The molecular weight excluding hydrogens is 240 g/mol. The highest BCUT2D eigenvalue weighted by Crippen LogP contribution is 2.42. The lowest BCUT2D eigenvalue weighted by Crippen LogP contribution is -1.93. The van der Waals surface area contributed by atoms with Gasteiger partial charge in [0.05, 0.1) is 0 Å². The average Bonchev–Trinajstić information content (AvgIpc) is 3.13. The molecule has 0 aliphatic heterocycles. The molecule has 0 amide bonds. The Morgan fingerprint density at radius 1 is 0.650 bits per heavy atom. The first kappa shape index (κ1) is 13.9. The Morgan fingerprint density at radius 2 is 1.05 bits per heavy atom. The fourth-order valence-corrected chi connectivity index (χ4v) is 4.61. The van der Waals surface area contributed by atoms with E-state index in [4.69, 9.17) is 0 Å². The van der Waals surface area contributed by atoms with Crippen molar-refractivity contribution in [3.05, 3.63) is 46.6 Å². The van der Waals surface area contributed by atoms with Gasteiger partial charge in [0, 0.05) is 0 Å². The summed E-state index contributed by atoms with van der Waals surface area (Å²) in [4.78, 5) is 0. The van der Waals surface area contributed by atoms with Crippen LogP contribution in [0.15, 0.2) is 46.6 Å². The van der Waals surface area contributed by atoms with Crippen molar-refractivity contribution in [1.82, 2.24) is 0 Å². The molecule has 0 aromatic heterocycles. The normalized spacial score (nSPS) is 37.4. The van der Waals surface area contributed by atoms with Gasteiger partial charge in [-0.2, -0.15) is 0 Å². The molecule has 0 heteroatoms. The van der Waals surface area contributed by atoms with Crippen molar-refractivity contribution in [2.75, 3.05) is 0 Å². The number of allylic oxidation sites excluding steroid dienone is 8. The molecule has 4 unspecified atom stereocenters. The van der Waals surface area contributed by atoms with Gasteiger partial charge in [-0.3, -0.25) is 0 Å². The van der Waals surface area contributed by atoms with Gasteiger partial charge in [0.1, 0.15) is 0 Å². The number of hydrogen-bond donors (Lipinski definition) is 0. The first-order chi connectivity index (χ1) is 9.58. The Hall–Kier alpha value is -1.04. The van der Waals surface area contributed by atoms with E-state index >= 15 is 0 Å². The lowest BCUT2D eigenvalue weighted by molar-refractivity contribution is 0.564. The summed E-state index contributed by atoms with van der Waals surface area (Å²) in [6.07, 6.45) is 14.5. The molecule has 0 fully saturated rings. The van der Waals surface area contributed by atoms with Crippen molar-refractivity contribution in [2.45, 2.75) is 53.4 Å². The Bertz CT molecular complexity index is 464. The van der Waals surface area contributed by atoms with E-state index in [2.05, 4.69) is 52.0 Å². The van der Waals surface area contributed by atoms with Crippen LogP contribution in [0.4, 0.5) is 0 Å². The third-order valence-corrected chi connectivity index (χ3v) is 5.68. The highest BCUT2D eigenvalue weighted by atomic mass is 14.3. The van der Waals surface area contributed by atoms with Crippen LogP contribution in [0.2, 0.25) is 0 Å². The highest BCUT2D eigenvalue weighted by molar-refractivity contribution is 5.40. The molecule has 0 N–H and O–H groups in total. The minimum atomic E-state index is 0.837. The van der Waals surface area contributed by atoms with Crippen LogP contribution in [-0.4, -0.2) is 0 Å². The Balaban J connectivity index is 0.000000121. The van der Waals surface area contributed by atoms with Crippen LogP contribution < -0.4 is 0 Å². The molecular formula is C20H28. The molecule has 0 saturated carbocycles. The van der Waals surface area contributed by atoms with Crippen molar-refractivity contribution in [1.29, 1.82) is 0 Å². The Kier molecular flexibility index (Phi) is 3.75. The monoisotopic (exact) mass is 268 g/mol. The van der Waals surface area contributed by atoms with Crippen LogP contribution in [0.25, 0.3) is 0 Å². The first-order valence-electron chi connectivity index (χ1n) is 8.36. The quantitative estimate of drug-likeness (QED) is 0.518. The summed E-state index contributed by atoms with van der Waals surface area (Å²) >= 11 is 0. The molecule has 0 heterocycles. The molecule has 0 aromatic rings. The molecule has 4 rings (SSSR count). The zero-order valence-electron chi connectivity index (χ0n) is 13.4. The van der Waals surface area contributed by atoms with E-state index in [1.54, 1.807) is 22.3 Å². The van der Waals surface area contributed by atoms with Crippen LogP contribution >= 0.6 is 0 Å². The first-order valence-corrected chi connectivity index (χ1v) is 8.36. The SMILES string of the molecule is CC1CC(C)C2=C1C=CC2.CC1CC(C)C2=C1C=CC2. The van der Waals surface area contributed by atoms with Crippen LogP contribution in [0.1, 0.15) is 53.4 Å². The molecule has 4 aliphatic rings. The van der Waals surface area contributed by atoms with Gasteiger partial charge in [-0.05, 0) is 60.5 Å². The average molecular weight is 268 g/mol. The zero-order chi connectivity index (χ0) is 14.3. The summed E-state index contributed by atoms with van der Waals surface area (Å²) in [5, 5.41) is 0. The van der Waals surface area contributed by atoms with Gasteiger partial charge in [-0.1, -0.05) is 63.1 Å². The molecule has 108 valence electrons. The minimum absolute atomic E-state index is 0.837. The third kappa shape index (κ3) is 2.34. The van der Waals surface area contributed by atoms with Crippen molar-refractivity contribution < 1.29 is 0 Å². The molecule has 0 bridgehead atoms. The molecule has 0 spiro atoms. The molecule has 4 atom stereocenters. The summed E-state index contributed by atoms with van der Waals surface area (Å²) in [6.45, 7) is 9.39. The van der Waals surface area contributed by atoms with Crippen molar-refractivity contribution in [3.63, 3.8) is 0 Å². The van der Waals surface area contributed by atoms with Crippen LogP contribution in [-0.2, 0) is 0 Å². The maximum atomic E-state index is 2.35. The second-order valence-corrected chi connectivity index (χ2v) is 7.25. The Labute approximate surface area is 124 Å². The lowest BCUT2D eigenvalue weighted by Gasteiger charge is -2.05. The van der Waals surface area contributed by atoms with Gasteiger partial charge in [-0.15, -0.1) is 0 Å². The van der Waals surface area contributed by atoms with Gasteiger partial charge in [-0.25, -0.2) is 0 Å². The summed E-state index contributed by atoms with van der Waals surface area (Å²) < 4.78 is 0. The summed E-state index contributed by atoms with van der Waals surface area (Å²) in [7, 11) is 0. The lowest BCUT2D eigenvalue weighted by atomic mass is 10.0. The van der Waals surface area contributed by atoms with Crippen LogP contribution in [0.3, 0.4) is 0 Å². The fraction of sp³-hybridized carbons (Fsp3) is 0.600. The zero-order valence-corrected chi connectivity index (χ0v) is 13.4. The van der Waals surface area contributed by atoms with Crippen molar-refractivity contribution >= 4 is 0 Å². The fourth-order valence-electron chi connectivity index (χ4n) is 4.61. The molecule has 0 nitrogen and oxygen atoms in total. The van der Waals surface area contributed by atoms with Gasteiger partial charge < -0.3 is 0 Å². The topological polar surface area (TPSA) is 0 Å². The van der Waals surface area contributed by atoms with Crippen molar-refractivity contribution in [2.24, 2.45) is 23.7 Å². The van der Waals surface area contributed by atoms with Gasteiger partial charge in [0.2, 0.25) is 0 Å². The predicted octanol–water partition coefficient (Wildman–Crippen LogP) is 5.84. The second-order valence-electron chi connectivity index (χ2n) is 7.25. The van der Waals surface area contributed by atoms with E-state index in [1.807, 2.05) is 0 Å². The molecule has 20 heavy (non-hydrogen) atoms. The Morgan fingerprint density at radius 3 is 1.40 bits per heavy atom. The summed E-state index contributed by atoms with van der Waals surface area (Å²) in [6, 6.07) is 0. The largest absolute Gasteiger partial charge is 0.0802 e. The van der Waals surface area contributed by atoms with Crippen molar-refractivity contribution in [3.8, 4) is 0 Å². The van der Waals surface area contributed by atoms with Crippen LogP contribution in [0.5, 0.6) is 0 Å². The van der Waals surface area contributed by atoms with E-state index in [0.717, 1.165) is 23.7 Å².